The monoisotopic (exact) mass is 392 g/mol. The van der Waals surface area contributed by atoms with Crippen LogP contribution in [-0.2, 0) is 22.5 Å². The van der Waals surface area contributed by atoms with Gasteiger partial charge in [0.15, 0.2) is 0 Å². The molecular weight excluding hydrogens is 368 g/mol. The molecule has 2 aromatic carbocycles. The zero-order chi connectivity index (χ0) is 20.6. The minimum Gasteiger partial charge on any atom is -0.444 e. The van der Waals surface area contributed by atoms with E-state index in [0.717, 1.165) is 22.2 Å². The Bertz CT molecular complexity index is 1030. The number of ether oxygens (including phenoxy) is 1. The molecule has 4 rings (SSSR count). The largest absolute Gasteiger partial charge is 0.444 e. The van der Waals surface area contributed by atoms with Gasteiger partial charge in [0.1, 0.15) is 11.6 Å². The number of nitrogens with one attached hydrogen (secondary N) is 2. The molecule has 3 aromatic rings. The van der Waals surface area contributed by atoms with Crippen LogP contribution in [0.3, 0.4) is 0 Å². The van der Waals surface area contributed by atoms with Crippen LogP contribution in [0.1, 0.15) is 31.9 Å². The van der Waals surface area contributed by atoms with Gasteiger partial charge in [-0.3, -0.25) is 15.0 Å². The lowest BCUT2D eigenvalue weighted by atomic mass is 9.94. The first-order valence-corrected chi connectivity index (χ1v) is 9.62. The van der Waals surface area contributed by atoms with Crippen molar-refractivity contribution in [2.45, 2.75) is 45.4 Å². The fourth-order valence-electron chi connectivity index (χ4n) is 3.48. The first-order valence-electron chi connectivity index (χ1n) is 9.62. The summed E-state index contributed by atoms with van der Waals surface area (Å²) in [6.45, 7) is 5.76. The first-order chi connectivity index (χ1) is 13.8. The molecule has 1 aromatic heterocycles. The summed E-state index contributed by atoms with van der Waals surface area (Å²) in [5.74, 6) is 0.0589. The Hall–Kier alpha value is -3.35. The second-order valence-corrected chi connectivity index (χ2v) is 8.19. The van der Waals surface area contributed by atoms with E-state index in [1.54, 1.807) is 0 Å². The van der Waals surface area contributed by atoms with Crippen molar-refractivity contribution in [1.29, 1.82) is 0 Å². The molecule has 150 valence electrons. The molecule has 7 nitrogen and oxygen atoms in total. The van der Waals surface area contributed by atoms with Crippen molar-refractivity contribution in [2.24, 2.45) is 0 Å². The van der Waals surface area contributed by atoms with Crippen LogP contribution < -0.4 is 5.32 Å². The van der Waals surface area contributed by atoms with Crippen molar-refractivity contribution >= 4 is 29.0 Å². The van der Waals surface area contributed by atoms with Crippen LogP contribution in [0.4, 0.5) is 10.7 Å². The molecule has 0 radical (unpaired) electrons. The van der Waals surface area contributed by atoms with Crippen LogP contribution in [0.25, 0.3) is 11.0 Å². The molecular formula is C22H24N4O3. The van der Waals surface area contributed by atoms with Gasteiger partial charge in [-0.15, -0.1) is 0 Å². The maximum absolute atomic E-state index is 13.1. The SMILES string of the molecule is CC(C)(C)OC(=O)N1Cc2ccccc2C[C@@H]1C(=O)Nc1nc2ccccc2[nH]1. The molecule has 0 fully saturated rings. The van der Waals surface area contributed by atoms with Gasteiger partial charge >= 0.3 is 6.09 Å². The van der Waals surface area contributed by atoms with Crippen molar-refractivity contribution < 1.29 is 14.3 Å². The minimum atomic E-state index is -0.687. The average molecular weight is 392 g/mol. The molecule has 2 N–H and O–H groups in total. The van der Waals surface area contributed by atoms with Crippen molar-refractivity contribution in [2.75, 3.05) is 5.32 Å². The van der Waals surface area contributed by atoms with E-state index in [4.69, 9.17) is 4.74 Å². The van der Waals surface area contributed by atoms with Crippen LogP contribution in [0.2, 0.25) is 0 Å². The fourth-order valence-corrected chi connectivity index (χ4v) is 3.48. The Morgan fingerprint density at radius 3 is 2.52 bits per heavy atom. The van der Waals surface area contributed by atoms with E-state index in [2.05, 4.69) is 15.3 Å². The van der Waals surface area contributed by atoms with Crippen molar-refractivity contribution in [1.82, 2.24) is 14.9 Å². The third-order valence-electron chi connectivity index (χ3n) is 4.81. The number of hydrogen-bond acceptors (Lipinski definition) is 4. The normalized spacial score (nSPS) is 16.4. The Balaban J connectivity index is 1.60. The zero-order valence-electron chi connectivity index (χ0n) is 16.7. The second kappa shape index (κ2) is 7.24. The number of amides is 2. The van der Waals surface area contributed by atoms with E-state index in [1.165, 1.54) is 4.90 Å². The summed E-state index contributed by atoms with van der Waals surface area (Å²) < 4.78 is 5.55. The third-order valence-corrected chi connectivity index (χ3v) is 4.81. The zero-order valence-corrected chi connectivity index (χ0v) is 16.7. The van der Waals surface area contributed by atoms with Gasteiger partial charge in [0.05, 0.1) is 17.6 Å². The standard InChI is InChI=1S/C22H24N4O3/c1-22(2,3)29-21(28)26-13-15-9-5-4-8-14(15)12-18(26)19(27)25-20-23-16-10-6-7-11-17(16)24-20/h4-11,18H,12-13H2,1-3H3,(H2,23,24,25,27)/t18-/m1/s1. The average Bonchev–Trinajstić information content (AvgIpc) is 3.07. The molecule has 7 heteroatoms. The summed E-state index contributed by atoms with van der Waals surface area (Å²) in [6.07, 6.45) is -0.0849. The topological polar surface area (TPSA) is 87.3 Å². The Kier molecular flexibility index (Phi) is 4.74. The van der Waals surface area contributed by atoms with E-state index in [-0.39, 0.29) is 5.91 Å². The van der Waals surface area contributed by atoms with Crippen LogP contribution >= 0.6 is 0 Å². The van der Waals surface area contributed by atoms with E-state index >= 15 is 0 Å². The number of imidazole rings is 1. The number of carbonyl (C=O) groups is 2. The summed E-state index contributed by atoms with van der Waals surface area (Å²) in [4.78, 5) is 34.9. The summed E-state index contributed by atoms with van der Waals surface area (Å²) >= 11 is 0. The summed E-state index contributed by atoms with van der Waals surface area (Å²) in [7, 11) is 0. The lowest BCUT2D eigenvalue weighted by Crippen LogP contribution is -2.52. The number of rotatable bonds is 2. The number of benzene rings is 2. The van der Waals surface area contributed by atoms with Gasteiger partial charge < -0.3 is 9.72 Å². The molecule has 0 spiro atoms. The number of aromatic amines is 1. The molecule has 0 aliphatic carbocycles. The first kappa shape index (κ1) is 19.0. The van der Waals surface area contributed by atoms with E-state index in [9.17, 15) is 9.59 Å². The van der Waals surface area contributed by atoms with E-state index in [0.29, 0.717) is 18.9 Å². The molecule has 2 heterocycles. The number of anilines is 1. The smallest absolute Gasteiger partial charge is 0.411 e. The quantitative estimate of drug-likeness (QED) is 0.693. The van der Waals surface area contributed by atoms with Crippen LogP contribution in [0.5, 0.6) is 0 Å². The summed E-state index contributed by atoms with van der Waals surface area (Å²) in [6, 6.07) is 14.7. The van der Waals surface area contributed by atoms with E-state index < -0.39 is 17.7 Å². The number of para-hydroxylation sites is 2. The lowest BCUT2D eigenvalue weighted by Gasteiger charge is -2.36. The maximum Gasteiger partial charge on any atom is 0.411 e. The summed E-state index contributed by atoms with van der Waals surface area (Å²) in [5, 5.41) is 2.82. The Morgan fingerprint density at radius 2 is 1.79 bits per heavy atom. The number of carbonyl (C=O) groups excluding carboxylic acids is 2. The molecule has 1 atom stereocenters. The van der Waals surface area contributed by atoms with Crippen molar-refractivity contribution in [3.05, 3.63) is 59.7 Å². The molecule has 0 saturated carbocycles. The number of nitrogens with zero attached hydrogens (tertiary/aromatic N) is 2. The molecule has 0 unspecified atom stereocenters. The Morgan fingerprint density at radius 1 is 1.10 bits per heavy atom. The highest BCUT2D eigenvalue weighted by Gasteiger charge is 2.37. The molecule has 2 amide bonds. The number of H-pyrrole nitrogens is 1. The fraction of sp³-hybridized carbons (Fsp3) is 0.318. The Labute approximate surface area is 169 Å². The van der Waals surface area contributed by atoms with Crippen molar-refractivity contribution in [3.8, 4) is 0 Å². The third kappa shape index (κ3) is 4.08. The van der Waals surface area contributed by atoms with Gasteiger partial charge in [-0.05, 0) is 44.0 Å². The minimum absolute atomic E-state index is 0.301. The predicted octanol–water partition coefficient (Wildman–Crippen LogP) is 3.86. The molecule has 29 heavy (non-hydrogen) atoms. The van der Waals surface area contributed by atoms with Gasteiger partial charge in [0.2, 0.25) is 11.9 Å². The highest BCUT2D eigenvalue weighted by atomic mass is 16.6. The number of aromatic nitrogens is 2. The van der Waals surface area contributed by atoms with Gasteiger partial charge in [-0.25, -0.2) is 9.78 Å². The van der Waals surface area contributed by atoms with Crippen LogP contribution in [0.15, 0.2) is 48.5 Å². The molecule has 0 saturated heterocycles. The molecule has 1 aliphatic heterocycles. The summed E-state index contributed by atoms with van der Waals surface area (Å²) in [5.41, 5.74) is 3.03. The van der Waals surface area contributed by atoms with Gasteiger partial charge in [0.25, 0.3) is 0 Å². The highest BCUT2D eigenvalue weighted by Crippen LogP contribution is 2.26. The highest BCUT2D eigenvalue weighted by molar-refractivity contribution is 5.97. The maximum atomic E-state index is 13.1. The predicted molar refractivity (Wildman–Crippen MR) is 110 cm³/mol. The molecule has 1 aliphatic rings. The second-order valence-electron chi connectivity index (χ2n) is 8.19. The van der Waals surface area contributed by atoms with Crippen molar-refractivity contribution in [3.63, 3.8) is 0 Å². The van der Waals surface area contributed by atoms with Gasteiger partial charge in [-0.2, -0.15) is 0 Å². The van der Waals surface area contributed by atoms with Gasteiger partial charge in [-0.1, -0.05) is 36.4 Å². The van der Waals surface area contributed by atoms with E-state index in [1.807, 2.05) is 69.3 Å². The van der Waals surface area contributed by atoms with Gasteiger partial charge in [0, 0.05) is 6.42 Å². The molecule has 0 bridgehead atoms. The number of fused-ring (bicyclic) bond motifs is 2. The van der Waals surface area contributed by atoms with Crippen LogP contribution in [0, 0.1) is 0 Å². The number of hydrogen-bond donors (Lipinski definition) is 2. The lowest BCUT2D eigenvalue weighted by molar-refractivity contribution is -0.121. The van der Waals surface area contributed by atoms with Crippen LogP contribution in [-0.4, -0.2) is 38.5 Å².